The van der Waals surface area contributed by atoms with Crippen molar-refractivity contribution in [2.24, 2.45) is 18.9 Å². The summed E-state index contributed by atoms with van der Waals surface area (Å²) in [5, 5.41) is 23.6. The minimum Gasteiger partial charge on any atom is -1.00 e. The lowest BCUT2D eigenvalue weighted by atomic mass is 9.79. The Labute approximate surface area is 186 Å². The maximum atomic E-state index is 12.5. The molecular formula is C21H28ClN3O4S. The van der Waals surface area contributed by atoms with E-state index in [0.29, 0.717) is 6.04 Å². The van der Waals surface area contributed by atoms with Gasteiger partial charge in [-0.1, -0.05) is 6.92 Å². The quantitative estimate of drug-likeness (QED) is 0.330. The van der Waals surface area contributed by atoms with Crippen LogP contribution in [0.15, 0.2) is 35.1 Å². The second-order valence-electron chi connectivity index (χ2n) is 8.43. The molecule has 4 heterocycles. The number of nitrogens with zero attached hydrogens (tertiary/aromatic N) is 2. The summed E-state index contributed by atoms with van der Waals surface area (Å²) in [5.41, 5.74) is 1.40. The van der Waals surface area contributed by atoms with Crippen LogP contribution in [0.4, 0.5) is 0 Å². The molecule has 1 aromatic rings. The number of hydrogen-bond donors (Lipinski definition) is 3. The van der Waals surface area contributed by atoms with Crippen LogP contribution >= 0.6 is 11.8 Å². The fraction of sp³-hybridized carbons (Fsp3) is 0.571. The third kappa shape index (κ3) is 3.98. The number of hydrogen-bond acceptors (Lipinski definition) is 5. The minimum atomic E-state index is -1.06. The topological polar surface area (TPSA) is 93.8 Å². The molecule has 164 valence electrons. The van der Waals surface area contributed by atoms with Gasteiger partial charge in [-0.25, -0.2) is 9.36 Å². The standard InChI is InChI=1S/C21H27N3O4S.ClH/c1-11-17-16(12(2)25)20(26)24(17)18(21(27)28)19(11)29-15-9-14(22-10-15)8-13-4-6-23(3)7-5-13;/h4-7,11-12,14-17,22,25H,8-10H2,1-3H3;1H/t11-,12-,14-,15+,16-,17-;/m1./s1. The molecule has 0 spiro atoms. The predicted molar refractivity (Wildman–Crippen MR) is 109 cm³/mol. The Kier molecular flexibility index (Phi) is 6.81. The first kappa shape index (κ1) is 23.1. The van der Waals surface area contributed by atoms with Crippen LogP contribution in [-0.2, 0) is 23.1 Å². The van der Waals surface area contributed by atoms with Gasteiger partial charge in [0.2, 0.25) is 5.91 Å². The number of β-lactam (4-membered cyclic amide) rings is 1. The highest BCUT2D eigenvalue weighted by atomic mass is 35.5. The van der Waals surface area contributed by atoms with Gasteiger partial charge in [-0.3, -0.25) is 4.79 Å². The van der Waals surface area contributed by atoms with Crippen molar-refractivity contribution in [1.82, 2.24) is 10.2 Å². The van der Waals surface area contributed by atoms with Gasteiger partial charge in [0.25, 0.3) is 0 Å². The van der Waals surface area contributed by atoms with Gasteiger partial charge in [0.15, 0.2) is 12.4 Å². The second kappa shape index (κ2) is 8.86. The Balaban J connectivity index is 0.00000256. The molecule has 0 aromatic carbocycles. The molecule has 0 unspecified atom stereocenters. The van der Waals surface area contributed by atoms with Crippen molar-refractivity contribution in [2.45, 2.75) is 50.1 Å². The van der Waals surface area contributed by atoms with E-state index in [-0.39, 0.29) is 41.2 Å². The molecule has 3 aliphatic heterocycles. The molecule has 1 amide bonds. The first-order valence-electron chi connectivity index (χ1n) is 10.1. The highest BCUT2D eigenvalue weighted by molar-refractivity contribution is 8.03. The molecule has 1 aromatic heterocycles. The normalized spacial score (nSPS) is 31.3. The number of halogens is 1. The third-order valence-corrected chi connectivity index (χ3v) is 7.83. The summed E-state index contributed by atoms with van der Waals surface area (Å²) >= 11 is 1.60. The molecule has 0 radical (unpaired) electrons. The Bertz CT molecular complexity index is 860. The molecule has 3 N–H and O–H groups in total. The van der Waals surface area contributed by atoms with Crippen molar-refractivity contribution in [1.29, 1.82) is 0 Å². The van der Waals surface area contributed by atoms with E-state index < -0.39 is 18.0 Å². The van der Waals surface area contributed by atoms with Crippen LogP contribution in [0.1, 0.15) is 25.8 Å². The van der Waals surface area contributed by atoms with E-state index in [9.17, 15) is 19.8 Å². The number of carbonyl (C=O) groups is 2. The van der Waals surface area contributed by atoms with Crippen molar-refractivity contribution in [3.05, 3.63) is 40.7 Å². The van der Waals surface area contributed by atoms with Crippen LogP contribution in [0.5, 0.6) is 0 Å². The number of aliphatic hydroxyl groups excluding tert-OH is 1. The molecular weight excluding hydrogens is 426 g/mol. The maximum Gasteiger partial charge on any atom is 0.353 e. The summed E-state index contributed by atoms with van der Waals surface area (Å²) in [4.78, 5) is 26.6. The van der Waals surface area contributed by atoms with Crippen molar-refractivity contribution in [3.63, 3.8) is 0 Å². The Morgan fingerprint density at radius 1 is 1.40 bits per heavy atom. The number of thioether (sulfide) groups is 1. The number of aromatic nitrogens is 1. The SMILES string of the molecule is C[C@@H](O)[C@H]1C(=O)N2C(C(=O)O)=C(S[C@@H]3CN[C@H](Cc4cc[n+](C)cc4)C3)[C@H](C)[C@H]12.[Cl-]. The molecule has 0 bridgehead atoms. The molecule has 4 rings (SSSR count). The van der Waals surface area contributed by atoms with Gasteiger partial charge in [0.05, 0.1) is 18.1 Å². The Hall–Kier alpha value is -1.61. The monoisotopic (exact) mass is 453 g/mol. The number of carbonyl (C=O) groups excluding carboxylic acids is 1. The number of aliphatic hydroxyl groups is 1. The van der Waals surface area contributed by atoms with Crippen LogP contribution in [0.2, 0.25) is 0 Å². The maximum absolute atomic E-state index is 12.5. The number of carboxylic acid groups (broad SMARTS) is 1. The second-order valence-corrected chi connectivity index (χ2v) is 9.77. The molecule has 6 atom stereocenters. The largest absolute Gasteiger partial charge is 1.00 e. The van der Waals surface area contributed by atoms with Gasteiger partial charge in [-0.05, 0) is 25.3 Å². The summed E-state index contributed by atoms with van der Waals surface area (Å²) in [7, 11) is 2.00. The van der Waals surface area contributed by atoms with E-state index in [2.05, 4.69) is 17.4 Å². The lowest BCUT2D eigenvalue weighted by Crippen LogP contribution is -3.00. The number of fused-ring (bicyclic) bond motifs is 1. The molecule has 7 nitrogen and oxygen atoms in total. The molecule has 30 heavy (non-hydrogen) atoms. The lowest BCUT2D eigenvalue weighted by molar-refractivity contribution is -0.671. The molecule has 2 saturated heterocycles. The van der Waals surface area contributed by atoms with E-state index >= 15 is 0 Å². The number of amides is 1. The number of pyridine rings is 1. The fourth-order valence-corrected chi connectivity index (χ4v) is 6.36. The van der Waals surface area contributed by atoms with Crippen LogP contribution in [0, 0.1) is 11.8 Å². The van der Waals surface area contributed by atoms with Crippen LogP contribution in [0.3, 0.4) is 0 Å². The number of aryl methyl sites for hydroxylation is 1. The summed E-state index contributed by atoms with van der Waals surface area (Å²) in [6, 6.07) is 4.36. The zero-order valence-corrected chi connectivity index (χ0v) is 18.9. The van der Waals surface area contributed by atoms with Gasteiger partial charge in [0.1, 0.15) is 12.7 Å². The van der Waals surface area contributed by atoms with Crippen molar-refractivity contribution < 1.29 is 36.8 Å². The fourth-order valence-electron chi connectivity index (χ4n) is 4.84. The predicted octanol–water partition coefficient (Wildman–Crippen LogP) is -2.32. The van der Waals surface area contributed by atoms with E-state index in [1.54, 1.807) is 18.7 Å². The zero-order chi connectivity index (χ0) is 20.9. The number of rotatable bonds is 6. The summed E-state index contributed by atoms with van der Waals surface area (Å²) in [6.07, 6.45) is 5.21. The van der Waals surface area contributed by atoms with E-state index in [1.807, 2.05) is 30.9 Å². The zero-order valence-electron chi connectivity index (χ0n) is 17.3. The summed E-state index contributed by atoms with van der Waals surface area (Å²) in [6.45, 7) is 4.40. The van der Waals surface area contributed by atoms with Crippen LogP contribution < -0.4 is 22.3 Å². The van der Waals surface area contributed by atoms with Crippen molar-refractivity contribution >= 4 is 23.6 Å². The van der Waals surface area contributed by atoms with E-state index in [0.717, 1.165) is 24.3 Å². The smallest absolute Gasteiger partial charge is 0.353 e. The number of aliphatic carboxylic acids is 1. The average Bonchev–Trinajstić information content (AvgIpc) is 3.18. The van der Waals surface area contributed by atoms with Gasteiger partial charge in [0, 0.05) is 40.8 Å². The summed E-state index contributed by atoms with van der Waals surface area (Å²) < 4.78 is 2.01. The minimum absolute atomic E-state index is 0. The van der Waals surface area contributed by atoms with E-state index in [1.165, 1.54) is 10.5 Å². The first-order valence-corrected chi connectivity index (χ1v) is 11.0. The summed E-state index contributed by atoms with van der Waals surface area (Å²) in [5.74, 6) is -1.91. The Morgan fingerprint density at radius 2 is 2.07 bits per heavy atom. The third-order valence-electron chi connectivity index (χ3n) is 6.32. The average molecular weight is 454 g/mol. The number of carboxylic acids is 1. The molecule has 3 aliphatic rings. The highest BCUT2D eigenvalue weighted by Crippen LogP contribution is 2.51. The lowest BCUT2D eigenvalue weighted by Gasteiger charge is -2.46. The first-order chi connectivity index (χ1) is 13.8. The highest BCUT2D eigenvalue weighted by Gasteiger charge is 2.60. The van der Waals surface area contributed by atoms with Gasteiger partial charge < -0.3 is 32.8 Å². The molecule has 0 aliphatic carbocycles. The van der Waals surface area contributed by atoms with Gasteiger partial charge in [-0.15, -0.1) is 11.8 Å². The molecule has 2 fully saturated rings. The van der Waals surface area contributed by atoms with Gasteiger partial charge >= 0.3 is 5.97 Å². The van der Waals surface area contributed by atoms with Crippen molar-refractivity contribution in [2.75, 3.05) is 6.54 Å². The van der Waals surface area contributed by atoms with Crippen molar-refractivity contribution in [3.8, 4) is 0 Å². The van der Waals surface area contributed by atoms with E-state index in [4.69, 9.17) is 0 Å². The van der Waals surface area contributed by atoms with Gasteiger partial charge in [-0.2, -0.15) is 0 Å². The molecule has 0 saturated carbocycles. The number of nitrogens with one attached hydrogen (secondary N) is 1. The Morgan fingerprint density at radius 3 is 2.67 bits per heavy atom. The molecule has 9 heteroatoms. The van der Waals surface area contributed by atoms with Crippen LogP contribution in [0.25, 0.3) is 0 Å². The van der Waals surface area contributed by atoms with Crippen LogP contribution in [-0.4, -0.2) is 57.0 Å².